The highest BCUT2D eigenvalue weighted by Gasteiger charge is 2.41. The monoisotopic (exact) mass is 271 g/mol. The number of aryl methyl sites for hydroxylation is 1. The van der Waals surface area contributed by atoms with Gasteiger partial charge in [-0.25, -0.2) is 0 Å². The number of piperidine rings is 1. The molecular formula is C19H29N. The van der Waals surface area contributed by atoms with Crippen molar-refractivity contribution in [3.8, 4) is 0 Å². The molecule has 1 saturated carbocycles. The van der Waals surface area contributed by atoms with Crippen LogP contribution in [0.4, 0.5) is 0 Å². The molecule has 1 aliphatic carbocycles. The topological polar surface area (TPSA) is 12.0 Å². The molecule has 1 aliphatic heterocycles. The molecule has 1 heteroatoms. The van der Waals surface area contributed by atoms with Crippen LogP contribution in [-0.4, -0.2) is 13.1 Å². The van der Waals surface area contributed by atoms with Crippen LogP contribution in [0.15, 0.2) is 24.3 Å². The summed E-state index contributed by atoms with van der Waals surface area (Å²) in [6.45, 7) is 7.07. The fraction of sp³-hybridized carbons (Fsp3) is 0.684. The first-order valence-corrected chi connectivity index (χ1v) is 8.47. The standard InChI is InChI=1S/C19H29N/c1-15-6-4-9-19(10-8-15)11-12-20-14-18(19)17-7-3-5-16(2)13-17/h3,5,7,13,15,18,20H,4,6,8-12,14H2,1-2H3. The molecule has 3 atom stereocenters. The highest BCUT2D eigenvalue weighted by Crippen LogP contribution is 2.50. The van der Waals surface area contributed by atoms with Crippen molar-refractivity contribution in [2.45, 2.75) is 58.3 Å². The maximum absolute atomic E-state index is 3.66. The molecule has 0 amide bonds. The molecule has 20 heavy (non-hydrogen) atoms. The molecule has 2 fully saturated rings. The highest BCUT2D eigenvalue weighted by molar-refractivity contribution is 5.28. The Hall–Kier alpha value is -0.820. The Balaban J connectivity index is 1.90. The molecule has 0 bridgehead atoms. The van der Waals surface area contributed by atoms with E-state index in [9.17, 15) is 0 Å². The fourth-order valence-electron chi connectivity index (χ4n) is 4.54. The number of rotatable bonds is 1. The maximum atomic E-state index is 3.66. The third-order valence-corrected chi connectivity index (χ3v) is 5.84. The molecule has 3 rings (SSSR count). The molecule has 110 valence electrons. The lowest BCUT2D eigenvalue weighted by molar-refractivity contribution is 0.135. The predicted molar refractivity (Wildman–Crippen MR) is 86.1 cm³/mol. The van der Waals surface area contributed by atoms with E-state index in [-0.39, 0.29) is 0 Å². The second-order valence-corrected chi connectivity index (χ2v) is 7.32. The van der Waals surface area contributed by atoms with Crippen LogP contribution in [0.5, 0.6) is 0 Å². The minimum atomic E-state index is 0.573. The van der Waals surface area contributed by atoms with Crippen molar-refractivity contribution in [2.75, 3.05) is 13.1 Å². The molecule has 1 nitrogen and oxygen atoms in total. The Bertz CT molecular complexity index is 453. The van der Waals surface area contributed by atoms with Gasteiger partial charge in [0.25, 0.3) is 0 Å². The van der Waals surface area contributed by atoms with Gasteiger partial charge in [0, 0.05) is 12.5 Å². The van der Waals surface area contributed by atoms with Gasteiger partial charge in [-0.2, -0.15) is 0 Å². The first-order chi connectivity index (χ1) is 9.70. The van der Waals surface area contributed by atoms with Crippen LogP contribution < -0.4 is 5.32 Å². The molecular weight excluding hydrogens is 242 g/mol. The molecule has 1 spiro atoms. The fourth-order valence-corrected chi connectivity index (χ4v) is 4.54. The predicted octanol–water partition coefficient (Wildman–Crippen LogP) is 4.66. The number of hydrogen-bond acceptors (Lipinski definition) is 1. The molecule has 2 aliphatic rings. The van der Waals surface area contributed by atoms with Crippen molar-refractivity contribution in [1.82, 2.24) is 5.32 Å². The van der Waals surface area contributed by atoms with Gasteiger partial charge in [-0.1, -0.05) is 56.0 Å². The van der Waals surface area contributed by atoms with Crippen molar-refractivity contribution in [3.63, 3.8) is 0 Å². The summed E-state index contributed by atoms with van der Waals surface area (Å²) in [7, 11) is 0. The van der Waals surface area contributed by atoms with Gasteiger partial charge in [0.15, 0.2) is 0 Å². The third-order valence-electron chi connectivity index (χ3n) is 5.84. The van der Waals surface area contributed by atoms with Crippen molar-refractivity contribution in [2.24, 2.45) is 11.3 Å². The van der Waals surface area contributed by atoms with Gasteiger partial charge in [-0.15, -0.1) is 0 Å². The maximum Gasteiger partial charge on any atom is 0.00255 e. The summed E-state index contributed by atoms with van der Waals surface area (Å²) >= 11 is 0. The van der Waals surface area contributed by atoms with E-state index < -0.39 is 0 Å². The first kappa shape index (κ1) is 14.1. The van der Waals surface area contributed by atoms with Gasteiger partial charge in [-0.3, -0.25) is 0 Å². The summed E-state index contributed by atoms with van der Waals surface area (Å²) < 4.78 is 0. The van der Waals surface area contributed by atoms with E-state index in [2.05, 4.69) is 43.4 Å². The molecule has 0 aromatic heterocycles. The summed E-state index contributed by atoms with van der Waals surface area (Å²) in [4.78, 5) is 0. The number of nitrogens with one attached hydrogen (secondary N) is 1. The van der Waals surface area contributed by atoms with Gasteiger partial charge < -0.3 is 5.32 Å². The Morgan fingerprint density at radius 1 is 1.15 bits per heavy atom. The minimum Gasteiger partial charge on any atom is -0.316 e. The zero-order valence-electron chi connectivity index (χ0n) is 13.1. The van der Waals surface area contributed by atoms with Crippen LogP contribution in [0.25, 0.3) is 0 Å². The minimum absolute atomic E-state index is 0.573. The Morgan fingerprint density at radius 3 is 2.90 bits per heavy atom. The van der Waals surface area contributed by atoms with E-state index in [1.807, 2.05) is 0 Å². The molecule has 0 radical (unpaired) electrons. The Morgan fingerprint density at radius 2 is 2.05 bits per heavy atom. The molecule has 1 heterocycles. The van der Waals surface area contributed by atoms with E-state index in [4.69, 9.17) is 0 Å². The quantitative estimate of drug-likeness (QED) is 0.783. The van der Waals surface area contributed by atoms with Crippen molar-refractivity contribution in [1.29, 1.82) is 0 Å². The third kappa shape index (κ3) is 2.79. The van der Waals surface area contributed by atoms with Crippen LogP contribution in [0.1, 0.15) is 62.5 Å². The summed E-state index contributed by atoms with van der Waals surface area (Å²) in [6.07, 6.45) is 8.56. The SMILES string of the molecule is Cc1cccc(C2CNCCC23CCCC(C)CC3)c1. The van der Waals surface area contributed by atoms with E-state index in [0.29, 0.717) is 5.41 Å². The van der Waals surface area contributed by atoms with Crippen molar-refractivity contribution < 1.29 is 0 Å². The summed E-state index contributed by atoms with van der Waals surface area (Å²) in [5, 5.41) is 3.66. The van der Waals surface area contributed by atoms with Crippen LogP contribution in [-0.2, 0) is 0 Å². The number of hydrogen-bond donors (Lipinski definition) is 1. The van der Waals surface area contributed by atoms with Gasteiger partial charge in [-0.05, 0) is 49.6 Å². The van der Waals surface area contributed by atoms with Crippen LogP contribution in [0.2, 0.25) is 0 Å². The molecule has 3 unspecified atom stereocenters. The summed E-state index contributed by atoms with van der Waals surface area (Å²) in [5.74, 6) is 1.66. The van der Waals surface area contributed by atoms with Crippen molar-refractivity contribution in [3.05, 3.63) is 35.4 Å². The molecule has 1 saturated heterocycles. The van der Waals surface area contributed by atoms with Crippen LogP contribution in [0, 0.1) is 18.3 Å². The Kier molecular flexibility index (Phi) is 4.16. The number of benzene rings is 1. The van der Waals surface area contributed by atoms with E-state index >= 15 is 0 Å². The zero-order valence-corrected chi connectivity index (χ0v) is 13.1. The lowest BCUT2D eigenvalue weighted by Crippen LogP contribution is -2.43. The Labute approximate surface area is 124 Å². The average molecular weight is 271 g/mol. The van der Waals surface area contributed by atoms with Gasteiger partial charge >= 0.3 is 0 Å². The molecule has 1 aromatic carbocycles. The van der Waals surface area contributed by atoms with Crippen LogP contribution >= 0.6 is 0 Å². The van der Waals surface area contributed by atoms with Gasteiger partial charge in [0.05, 0.1) is 0 Å². The zero-order chi connectivity index (χ0) is 14.0. The normalized spacial score (nSPS) is 34.9. The largest absolute Gasteiger partial charge is 0.316 e. The molecule has 1 N–H and O–H groups in total. The molecule has 1 aromatic rings. The lowest BCUT2D eigenvalue weighted by Gasteiger charge is -2.45. The van der Waals surface area contributed by atoms with Crippen molar-refractivity contribution >= 4 is 0 Å². The summed E-state index contributed by atoms with van der Waals surface area (Å²) in [5.41, 5.74) is 3.56. The first-order valence-electron chi connectivity index (χ1n) is 8.47. The van der Waals surface area contributed by atoms with E-state index in [0.717, 1.165) is 11.8 Å². The lowest BCUT2D eigenvalue weighted by atomic mass is 9.63. The van der Waals surface area contributed by atoms with Crippen LogP contribution in [0.3, 0.4) is 0 Å². The highest BCUT2D eigenvalue weighted by atomic mass is 14.9. The van der Waals surface area contributed by atoms with E-state index in [1.165, 1.54) is 57.2 Å². The second kappa shape index (κ2) is 5.89. The second-order valence-electron chi connectivity index (χ2n) is 7.32. The van der Waals surface area contributed by atoms with Gasteiger partial charge in [0.1, 0.15) is 0 Å². The average Bonchev–Trinajstić information content (AvgIpc) is 2.63. The smallest absolute Gasteiger partial charge is 0.00255 e. The summed E-state index contributed by atoms with van der Waals surface area (Å²) in [6, 6.07) is 9.25. The van der Waals surface area contributed by atoms with E-state index in [1.54, 1.807) is 5.56 Å². The van der Waals surface area contributed by atoms with Gasteiger partial charge in [0.2, 0.25) is 0 Å².